The third-order valence-electron chi connectivity index (χ3n) is 3.98. The summed E-state index contributed by atoms with van der Waals surface area (Å²) in [5, 5.41) is 6.31. The van der Waals surface area contributed by atoms with Gasteiger partial charge in [0.2, 0.25) is 5.91 Å². The zero-order valence-electron chi connectivity index (χ0n) is 11.9. The Labute approximate surface area is 114 Å². The number of nitrogens with zero attached hydrogens (tertiary/aromatic N) is 2. The predicted molar refractivity (Wildman–Crippen MR) is 74.7 cm³/mol. The molecule has 2 N–H and O–H groups in total. The van der Waals surface area contributed by atoms with Gasteiger partial charge in [-0.3, -0.25) is 4.79 Å². The summed E-state index contributed by atoms with van der Waals surface area (Å²) in [4.78, 5) is 16.3. The van der Waals surface area contributed by atoms with Gasteiger partial charge in [-0.2, -0.15) is 0 Å². The minimum atomic E-state index is -0.0138. The normalized spacial score (nSPS) is 23.3. The summed E-state index contributed by atoms with van der Waals surface area (Å²) in [5.74, 6) is 1.82. The Morgan fingerprint density at radius 1 is 1.63 bits per heavy atom. The molecule has 0 bridgehead atoms. The number of imidazole rings is 1. The SMILES string of the molecule is CCC1CCNC(C(=O)NCCc2nccn2C)C1. The Morgan fingerprint density at radius 3 is 3.16 bits per heavy atom. The number of hydrogen-bond donors (Lipinski definition) is 2. The van der Waals surface area contributed by atoms with Gasteiger partial charge in [-0.05, 0) is 25.3 Å². The van der Waals surface area contributed by atoms with Gasteiger partial charge >= 0.3 is 0 Å². The van der Waals surface area contributed by atoms with Gasteiger partial charge < -0.3 is 15.2 Å². The molecular weight excluding hydrogens is 240 g/mol. The van der Waals surface area contributed by atoms with Gasteiger partial charge in [0.05, 0.1) is 6.04 Å². The minimum absolute atomic E-state index is 0.0138. The number of piperidine rings is 1. The van der Waals surface area contributed by atoms with Crippen molar-refractivity contribution < 1.29 is 4.79 Å². The lowest BCUT2D eigenvalue weighted by Gasteiger charge is -2.28. The summed E-state index contributed by atoms with van der Waals surface area (Å²) in [5.41, 5.74) is 0. The second-order valence-corrected chi connectivity index (χ2v) is 5.30. The molecule has 106 valence electrons. The summed E-state index contributed by atoms with van der Waals surface area (Å²) in [6.07, 6.45) is 7.80. The monoisotopic (exact) mass is 264 g/mol. The number of aryl methyl sites for hydroxylation is 1. The summed E-state index contributed by atoms with van der Waals surface area (Å²) >= 11 is 0. The van der Waals surface area contributed by atoms with E-state index < -0.39 is 0 Å². The topological polar surface area (TPSA) is 59.0 Å². The zero-order chi connectivity index (χ0) is 13.7. The quantitative estimate of drug-likeness (QED) is 0.829. The molecule has 1 aliphatic rings. The first-order chi connectivity index (χ1) is 9.20. The van der Waals surface area contributed by atoms with Crippen LogP contribution in [0.3, 0.4) is 0 Å². The molecule has 2 unspecified atom stereocenters. The minimum Gasteiger partial charge on any atom is -0.354 e. The molecular formula is C14H24N4O. The van der Waals surface area contributed by atoms with E-state index in [1.54, 1.807) is 6.20 Å². The third kappa shape index (κ3) is 3.80. The summed E-state index contributed by atoms with van der Waals surface area (Å²) in [7, 11) is 1.97. The number of carbonyl (C=O) groups excluding carboxylic acids is 1. The van der Waals surface area contributed by atoms with E-state index >= 15 is 0 Å². The molecule has 0 aromatic carbocycles. The highest BCUT2D eigenvalue weighted by molar-refractivity contribution is 5.81. The fraction of sp³-hybridized carbons (Fsp3) is 0.714. The zero-order valence-corrected chi connectivity index (χ0v) is 11.9. The van der Waals surface area contributed by atoms with Crippen molar-refractivity contribution in [3.05, 3.63) is 18.2 Å². The first-order valence-electron chi connectivity index (χ1n) is 7.18. The Hall–Kier alpha value is -1.36. The van der Waals surface area contributed by atoms with Crippen LogP contribution in [-0.4, -0.2) is 34.6 Å². The van der Waals surface area contributed by atoms with Crippen molar-refractivity contribution in [2.45, 2.75) is 38.6 Å². The van der Waals surface area contributed by atoms with E-state index in [1.807, 2.05) is 17.8 Å². The van der Waals surface area contributed by atoms with Crippen LogP contribution in [0.2, 0.25) is 0 Å². The van der Waals surface area contributed by atoms with Gasteiger partial charge in [-0.15, -0.1) is 0 Å². The van der Waals surface area contributed by atoms with Crippen molar-refractivity contribution in [2.24, 2.45) is 13.0 Å². The molecule has 19 heavy (non-hydrogen) atoms. The standard InChI is InChI=1S/C14H24N4O/c1-3-11-4-6-15-12(10-11)14(19)17-7-5-13-16-8-9-18(13)2/h8-9,11-12,15H,3-7,10H2,1-2H3,(H,17,19). The van der Waals surface area contributed by atoms with Gasteiger partial charge in [0, 0.05) is 32.4 Å². The van der Waals surface area contributed by atoms with Gasteiger partial charge in [0.1, 0.15) is 5.82 Å². The van der Waals surface area contributed by atoms with Crippen LogP contribution < -0.4 is 10.6 Å². The second kappa shape index (κ2) is 6.70. The number of aromatic nitrogens is 2. The summed E-state index contributed by atoms with van der Waals surface area (Å²) in [6, 6.07) is -0.0138. The Kier molecular flexibility index (Phi) is 4.96. The summed E-state index contributed by atoms with van der Waals surface area (Å²) in [6.45, 7) is 3.81. The van der Waals surface area contributed by atoms with Gasteiger partial charge in [0.15, 0.2) is 0 Å². The fourth-order valence-corrected chi connectivity index (χ4v) is 2.62. The first-order valence-corrected chi connectivity index (χ1v) is 7.18. The molecule has 1 amide bonds. The van der Waals surface area contributed by atoms with Crippen LogP contribution >= 0.6 is 0 Å². The largest absolute Gasteiger partial charge is 0.354 e. The van der Waals surface area contributed by atoms with E-state index in [-0.39, 0.29) is 11.9 Å². The second-order valence-electron chi connectivity index (χ2n) is 5.30. The average Bonchev–Trinajstić information content (AvgIpc) is 2.84. The first kappa shape index (κ1) is 14.1. The molecule has 2 rings (SSSR count). The van der Waals surface area contributed by atoms with Crippen LogP contribution in [0.1, 0.15) is 32.0 Å². The molecule has 5 nitrogen and oxygen atoms in total. The van der Waals surface area contributed by atoms with Crippen LogP contribution in [0, 0.1) is 5.92 Å². The summed E-state index contributed by atoms with van der Waals surface area (Å²) < 4.78 is 1.98. The van der Waals surface area contributed by atoms with Crippen LogP contribution in [-0.2, 0) is 18.3 Å². The molecule has 0 saturated carbocycles. The predicted octanol–water partition coefficient (Wildman–Crippen LogP) is 0.857. The van der Waals surface area contributed by atoms with E-state index in [9.17, 15) is 4.79 Å². The maximum Gasteiger partial charge on any atom is 0.237 e. The van der Waals surface area contributed by atoms with E-state index in [0.717, 1.165) is 25.2 Å². The van der Waals surface area contributed by atoms with Gasteiger partial charge in [-0.25, -0.2) is 4.98 Å². The van der Waals surface area contributed by atoms with E-state index in [0.29, 0.717) is 12.5 Å². The lowest BCUT2D eigenvalue weighted by atomic mass is 9.90. The molecule has 0 radical (unpaired) electrons. The Bertz CT molecular complexity index is 415. The molecule has 2 heterocycles. The maximum atomic E-state index is 12.1. The van der Waals surface area contributed by atoms with E-state index in [1.165, 1.54) is 12.8 Å². The molecule has 0 aliphatic carbocycles. The third-order valence-corrected chi connectivity index (χ3v) is 3.98. The van der Waals surface area contributed by atoms with Crippen molar-refractivity contribution in [1.82, 2.24) is 20.2 Å². The van der Waals surface area contributed by atoms with Crippen LogP contribution in [0.5, 0.6) is 0 Å². The molecule has 5 heteroatoms. The van der Waals surface area contributed by atoms with Crippen molar-refractivity contribution in [1.29, 1.82) is 0 Å². The molecule has 1 saturated heterocycles. The maximum absolute atomic E-state index is 12.1. The van der Waals surface area contributed by atoms with Gasteiger partial charge in [0.25, 0.3) is 0 Å². The number of nitrogens with one attached hydrogen (secondary N) is 2. The highest BCUT2D eigenvalue weighted by Gasteiger charge is 2.25. The van der Waals surface area contributed by atoms with Gasteiger partial charge in [-0.1, -0.05) is 13.3 Å². The number of rotatable bonds is 5. The van der Waals surface area contributed by atoms with Crippen LogP contribution in [0.4, 0.5) is 0 Å². The molecule has 1 aliphatic heterocycles. The average molecular weight is 264 g/mol. The number of hydrogen-bond acceptors (Lipinski definition) is 3. The highest BCUT2D eigenvalue weighted by Crippen LogP contribution is 2.19. The van der Waals surface area contributed by atoms with E-state index in [4.69, 9.17) is 0 Å². The lowest BCUT2D eigenvalue weighted by molar-refractivity contribution is -0.124. The lowest BCUT2D eigenvalue weighted by Crippen LogP contribution is -2.49. The molecule has 2 atom stereocenters. The Morgan fingerprint density at radius 2 is 2.47 bits per heavy atom. The smallest absolute Gasteiger partial charge is 0.237 e. The molecule has 1 aromatic rings. The molecule has 1 aromatic heterocycles. The Balaban J connectivity index is 1.73. The van der Waals surface area contributed by atoms with Crippen molar-refractivity contribution in [2.75, 3.05) is 13.1 Å². The van der Waals surface area contributed by atoms with Crippen molar-refractivity contribution >= 4 is 5.91 Å². The number of carbonyl (C=O) groups is 1. The molecule has 0 spiro atoms. The number of amides is 1. The fourth-order valence-electron chi connectivity index (χ4n) is 2.62. The van der Waals surface area contributed by atoms with Crippen molar-refractivity contribution in [3.8, 4) is 0 Å². The van der Waals surface area contributed by atoms with Crippen molar-refractivity contribution in [3.63, 3.8) is 0 Å². The molecule has 1 fully saturated rings. The highest BCUT2D eigenvalue weighted by atomic mass is 16.2. The van der Waals surface area contributed by atoms with Crippen LogP contribution in [0.15, 0.2) is 12.4 Å². The van der Waals surface area contributed by atoms with E-state index in [2.05, 4.69) is 22.5 Å². The van der Waals surface area contributed by atoms with Crippen LogP contribution in [0.25, 0.3) is 0 Å².